The van der Waals surface area contributed by atoms with Gasteiger partial charge in [0.2, 0.25) is 0 Å². The van der Waals surface area contributed by atoms with Gasteiger partial charge in [-0.1, -0.05) is 88.6 Å². The number of nitriles is 4. The maximum absolute atomic E-state index is 9.27. The fraction of sp³-hybridized carbons (Fsp3) is 0.0952. The smallest absolute Gasteiger partial charge is 0.177 e. The van der Waals surface area contributed by atoms with Crippen molar-refractivity contribution in [2.75, 3.05) is 26.4 Å². The Morgan fingerprint density at radius 1 is 0.456 bits per heavy atom. The summed E-state index contributed by atoms with van der Waals surface area (Å²) in [5.74, 6) is 1.49. The van der Waals surface area contributed by atoms with Gasteiger partial charge in [-0.2, -0.15) is 21.0 Å². The van der Waals surface area contributed by atoms with Crippen LogP contribution < -0.4 is 9.47 Å². The number of hydrogen-bond donors (Lipinski definition) is 0. The molecular formula is C42H25ClN10O4. The van der Waals surface area contributed by atoms with Crippen molar-refractivity contribution in [3.63, 3.8) is 0 Å². The summed E-state index contributed by atoms with van der Waals surface area (Å²) in [5, 5.41) is 45.9. The largest absolute Gasteiger partial charge is 0.490 e. The Kier molecular flexibility index (Phi) is 11.3. The summed E-state index contributed by atoms with van der Waals surface area (Å²) >= 11 is 6.14. The molecule has 0 aliphatic heterocycles. The number of ether oxygens (including phenoxy) is 2. The first-order chi connectivity index (χ1) is 28.0. The molecule has 0 saturated heterocycles. The molecule has 0 radical (unpaired) electrons. The van der Waals surface area contributed by atoms with Crippen molar-refractivity contribution in [1.29, 1.82) is 21.0 Å². The molecule has 2 aliphatic carbocycles. The zero-order chi connectivity index (χ0) is 39.6. The normalized spacial score (nSPS) is 12.6. The lowest BCUT2D eigenvalue weighted by Gasteiger charge is -2.06. The Morgan fingerprint density at radius 3 is 1.33 bits per heavy atom. The number of aromatic nitrogens is 4. The van der Waals surface area contributed by atoms with Gasteiger partial charge in [0.15, 0.2) is 36.0 Å². The Hall–Kier alpha value is -8.17. The van der Waals surface area contributed by atoms with E-state index in [1.54, 1.807) is 18.2 Å². The van der Waals surface area contributed by atoms with Gasteiger partial charge < -0.3 is 19.1 Å². The standard InChI is InChI=1S/C21H12ClN5O2.C21H13N5O2/c22-13-6-7-15-16(10-13)20(21-19(15)25-17(11-23)18(12-24)26-21)27-29-9-8-28-14-4-2-1-3-5-14;22-12-17-18(13-23)25-21-19(24-17)15-8-4-5-9-16(15)20(21)26-28-11-10-27-14-6-2-1-3-7-14/h1-7,10H,8-9H2;1-9H,10-11H2. The van der Waals surface area contributed by atoms with E-state index in [1.807, 2.05) is 109 Å². The molecule has 6 aromatic rings. The molecule has 0 saturated carbocycles. The van der Waals surface area contributed by atoms with E-state index < -0.39 is 0 Å². The van der Waals surface area contributed by atoms with Crippen LogP contribution in [0.4, 0.5) is 0 Å². The molecule has 2 aliphatic rings. The number of rotatable bonds is 10. The molecule has 0 spiro atoms. The van der Waals surface area contributed by atoms with E-state index in [9.17, 15) is 21.0 Å². The quantitative estimate of drug-likeness (QED) is 0.105. The summed E-state index contributed by atoms with van der Waals surface area (Å²) in [4.78, 5) is 28.0. The average molecular weight is 769 g/mol. The van der Waals surface area contributed by atoms with Gasteiger partial charge in [-0.05, 0) is 36.4 Å². The van der Waals surface area contributed by atoms with Crippen LogP contribution in [0.3, 0.4) is 0 Å². The van der Waals surface area contributed by atoms with Crippen molar-refractivity contribution in [2.24, 2.45) is 10.3 Å². The van der Waals surface area contributed by atoms with Crippen LogP contribution in [0.5, 0.6) is 11.5 Å². The van der Waals surface area contributed by atoms with E-state index in [1.165, 1.54) is 0 Å². The van der Waals surface area contributed by atoms with Crippen LogP contribution in [-0.2, 0) is 9.68 Å². The fourth-order valence-electron chi connectivity index (χ4n) is 5.79. The second kappa shape index (κ2) is 17.3. The summed E-state index contributed by atoms with van der Waals surface area (Å²) in [6.07, 6.45) is 0. The molecule has 2 heterocycles. The predicted octanol–water partition coefficient (Wildman–Crippen LogP) is 6.75. The Morgan fingerprint density at radius 2 is 0.860 bits per heavy atom. The van der Waals surface area contributed by atoms with E-state index in [0.717, 1.165) is 28.2 Å². The minimum atomic E-state index is -0.0646. The van der Waals surface area contributed by atoms with Crippen molar-refractivity contribution >= 4 is 23.0 Å². The van der Waals surface area contributed by atoms with Gasteiger partial charge in [0.1, 0.15) is 83.2 Å². The lowest BCUT2D eigenvalue weighted by atomic mass is 10.1. The van der Waals surface area contributed by atoms with E-state index in [0.29, 0.717) is 58.0 Å². The number of hydrogen-bond acceptors (Lipinski definition) is 14. The third kappa shape index (κ3) is 8.03. The molecule has 8 rings (SSSR count). The number of para-hydroxylation sites is 2. The first-order valence-corrected chi connectivity index (χ1v) is 17.5. The lowest BCUT2D eigenvalue weighted by Crippen LogP contribution is -2.09. The van der Waals surface area contributed by atoms with Crippen LogP contribution in [0, 0.1) is 45.3 Å². The number of nitrogens with zero attached hydrogens (tertiary/aromatic N) is 10. The van der Waals surface area contributed by atoms with Gasteiger partial charge in [0, 0.05) is 27.3 Å². The molecule has 0 bridgehead atoms. The van der Waals surface area contributed by atoms with E-state index in [2.05, 4.69) is 30.2 Å². The third-order valence-corrected chi connectivity index (χ3v) is 8.51. The maximum atomic E-state index is 9.27. The van der Waals surface area contributed by atoms with Gasteiger partial charge in [0.05, 0.1) is 0 Å². The molecule has 0 N–H and O–H groups in total. The molecule has 14 nitrogen and oxygen atoms in total. The molecule has 2 aromatic heterocycles. The van der Waals surface area contributed by atoms with Crippen molar-refractivity contribution in [3.8, 4) is 58.3 Å². The summed E-state index contributed by atoms with van der Waals surface area (Å²) in [5.41, 5.74) is 5.54. The molecule has 0 fully saturated rings. The number of benzene rings is 4. The van der Waals surface area contributed by atoms with Gasteiger partial charge >= 0.3 is 0 Å². The van der Waals surface area contributed by atoms with Crippen LogP contribution in [0.1, 0.15) is 45.3 Å². The van der Waals surface area contributed by atoms with Gasteiger partial charge in [-0.3, -0.25) is 0 Å². The molecular weight excluding hydrogens is 744 g/mol. The highest BCUT2D eigenvalue weighted by Crippen LogP contribution is 2.37. The Labute approximate surface area is 330 Å². The number of oxime groups is 2. The topological polar surface area (TPSA) is 208 Å². The van der Waals surface area contributed by atoms with E-state index in [-0.39, 0.29) is 36.0 Å². The second-order valence-electron chi connectivity index (χ2n) is 11.8. The first kappa shape index (κ1) is 37.2. The first-order valence-electron chi connectivity index (χ1n) is 17.1. The van der Waals surface area contributed by atoms with E-state index >= 15 is 0 Å². The molecule has 57 heavy (non-hydrogen) atoms. The highest BCUT2D eigenvalue weighted by atomic mass is 35.5. The fourth-order valence-corrected chi connectivity index (χ4v) is 5.96. The Balaban J connectivity index is 0.000000174. The zero-order valence-electron chi connectivity index (χ0n) is 29.6. The molecule has 15 heteroatoms. The third-order valence-electron chi connectivity index (χ3n) is 8.28. The summed E-state index contributed by atoms with van der Waals surface area (Å²) in [6.45, 7) is 1.08. The number of halogens is 1. The molecule has 0 amide bonds. The van der Waals surface area contributed by atoms with Gasteiger partial charge in [-0.25, -0.2) is 19.9 Å². The maximum Gasteiger partial charge on any atom is 0.177 e. The minimum absolute atomic E-state index is 0.00511. The summed E-state index contributed by atoms with van der Waals surface area (Å²) in [7, 11) is 0. The van der Waals surface area contributed by atoms with Crippen LogP contribution in [-0.4, -0.2) is 57.8 Å². The molecule has 4 aromatic carbocycles. The highest BCUT2D eigenvalue weighted by Gasteiger charge is 2.32. The second-order valence-corrected chi connectivity index (χ2v) is 12.2. The zero-order valence-corrected chi connectivity index (χ0v) is 30.4. The van der Waals surface area contributed by atoms with Crippen molar-refractivity contribution in [3.05, 3.63) is 153 Å². The monoisotopic (exact) mass is 768 g/mol. The summed E-state index contributed by atoms with van der Waals surface area (Å²) < 4.78 is 11.1. The van der Waals surface area contributed by atoms with Crippen molar-refractivity contribution in [1.82, 2.24) is 19.9 Å². The number of fused-ring (bicyclic) bond motifs is 6. The predicted molar refractivity (Wildman–Crippen MR) is 206 cm³/mol. The molecule has 274 valence electrons. The highest BCUT2D eigenvalue weighted by molar-refractivity contribution is 6.32. The minimum Gasteiger partial charge on any atom is -0.490 e. The van der Waals surface area contributed by atoms with Crippen LogP contribution >= 0.6 is 11.6 Å². The van der Waals surface area contributed by atoms with Crippen molar-refractivity contribution < 1.29 is 19.1 Å². The average Bonchev–Trinajstić information content (AvgIpc) is 3.73. The van der Waals surface area contributed by atoms with Crippen LogP contribution in [0.15, 0.2) is 113 Å². The SMILES string of the molecule is N#Cc1nc2c(nc1C#N)-c1ccc(Cl)cc1C2=NOCCOc1ccccc1.N#Cc1nc2c(nc1C#N)-c1ccccc1C2=NOCCOc1ccccc1. The Bertz CT molecular complexity index is 2720. The van der Waals surface area contributed by atoms with Gasteiger partial charge in [0.25, 0.3) is 0 Å². The molecule has 0 atom stereocenters. The van der Waals surface area contributed by atoms with Crippen LogP contribution in [0.2, 0.25) is 5.02 Å². The van der Waals surface area contributed by atoms with Gasteiger partial charge in [-0.15, -0.1) is 0 Å². The van der Waals surface area contributed by atoms with Crippen molar-refractivity contribution in [2.45, 2.75) is 0 Å². The summed E-state index contributed by atoms with van der Waals surface area (Å²) in [6, 6.07) is 39.1. The lowest BCUT2D eigenvalue weighted by molar-refractivity contribution is 0.107. The molecule has 0 unspecified atom stereocenters. The van der Waals surface area contributed by atoms with E-state index in [4.69, 9.17) is 30.7 Å². The van der Waals surface area contributed by atoms with Crippen LogP contribution in [0.25, 0.3) is 22.5 Å².